The van der Waals surface area contributed by atoms with Crippen molar-refractivity contribution in [1.82, 2.24) is 9.55 Å². The van der Waals surface area contributed by atoms with E-state index in [2.05, 4.69) is 31.1 Å². The van der Waals surface area contributed by atoms with Crippen molar-refractivity contribution >= 4 is 33.1 Å². The molecule has 136 valence electrons. The van der Waals surface area contributed by atoms with E-state index in [1.165, 1.54) is 22.2 Å². The first-order valence-electron chi connectivity index (χ1n) is 8.53. The van der Waals surface area contributed by atoms with E-state index < -0.39 is 0 Å². The SMILES string of the molecule is Cc1sc2ncn(CC(=O)Nc3ccccc3C(C)(C)C)c(=O)c2c1C. The van der Waals surface area contributed by atoms with Gasteiger partial charge in [-0.3, -0.25) is 14.2 Å². The molecular weight excluding hydrogens is 346 g/mol. The number of carbonyl (C=O) groups excluding carboxylic acids is 1. The zero-order chi connectivity index (χ0) is 19.1. The number of fused-ring (bicyclic) bond motifs is 1. The summed E-state index contributed by atoms with van der Waals surface area (Å²) in [4.78, 5) is 31.4. The maximum absolute atomic E-state index is 12.7. The molecule has 2 heterocycles. The molecule has 0 radical (unpaired) electrons. The Morgan fingerprint density at radius 1 is 1.23 bits per heavy atom. The van der Waals surface area contributed by atoms with Gasteiger partial charge >= 0.3 is 0 Å². The highest BCUT2D eigenvalue weighted by Gasteiger charge is 2.19. The molecule has 2 aromatic heterocycles. The van der Waals surface area contributed by atoms with Crippen LogP contribution in [0.5, 0.6) is 0 Å². The zero-order valence-electron chi connectivity index (χ0n) is 15.7. The summed E-state index contributed by atoms with van der Waals surface area (Å²) in [7, 11) is 0. The number of nitrogens with one attached hydrogen (secondary N) is 1. The lowest BCUT2D eigenvalue weighted by molar-refractivity contribution is -0.116. The van der Waals surface area contributed by atoms with Crippen LogP contribution in [0.25, 0.3) is 10.2 Å². The molecule has 0 saturated heterocycles. The minimum atomic E-state index is -0.241. The van der Waals surface area contributed by atoms with E-state index in [1.807, 2.05) is 38.1 Å². The van der Waals surface area contributed by atoms with Crippen molar-refractivity contribution in [3.63, 3.8) is 0 Å². The van der Waals surface area contributed by atoms with Crippen molar-refractivity contribution in [1.29, 1.82) is 0 Å². The minimum Gasteiger partial charge on any atom is -0.324 e. The number of carbonyl (C=O) groups is 1. The number of aromatic nitrogens is 2. The van der Waals surface area contributed by atoms with Gasteiger partial charge in [0, 0.05) is 10.6 Å². The van der Waals surface area contributed by atoms with Gasteiger partial charge in [-0.25, -0.2) is 4.98 Å². The number of para-hydroxylation sites is 1. The summed E-state index contributed by atoms with van der Waals surface area (Å²) >= 11 is 1.50. The van der Waals surface area contributed by atoms with Gasteiger partial charge in [0.05, 0.1) is 11.7 Å². The van der Waals surface area contributed by atoms with Crippen LogP contribution >= 0.6 is 11.3 Å². The van der Waals surface area contributed by atoms with Gasteiger partial charge in [-0.1, -0.05) is 39.0 Å². The Balaban J connectivity index is 1.88. The Labute approximate surface area is 156 Å². The number of rotatable bonds is 3. The Kier molecular flexibility index (Phi) is 4.71. The highest BCUT2D eigenvalue weighted by molar-refractivity contribution is 7.18. The van der Waals surface area contributed by atoms with Gasteiger partial charge in [0.2, 0.25) is 5.91 Å². The van der Waals surface area contributed by atoms with Gasteiger partial charge in [-0.15, -0.1) is 11.3 Å². The first-order valence-corrected chi connectivity index (χ1v) is 9.34. The van der Waals surface area contributed by atoms with Gasteiger partial charge in [0.1, 0.15) is 11.4 Å². The lowest BCUT2D eigenvalue weighted by atomic mass is 9.86. The molecule has 1 amide bonds. The molecule has 0 bridgehead atoms. The van der Waals surface area contributed by atoms with E-state index in [0.717, 1.165) is 26.5 Å². The molecule has 6 heteroatoms. The molecule has 26 heavy (non-hydrogen) atoms. The quantitative estimate of drug-likeness (QED) is 0.759. The minimum absolute atomic E-state index is 0.0609. The van der Waals surface area contributed by atoms with Crippen LogP contribution in [0.1, 0.15) is 36.8 Å². The molecule has 0 aliphatic carbocycles. The van der Waals surface area contributed by atoms with Crippen LogP contribution in [-0.4, -0.2) is 15.5 Å². The number of hydrogen-bond acceptors (Lipinski definition) is 4. The van der Waals surface area contributed by atoms with Crippen molar-refractivity contribution in [2.24, 2.45) is 0 Å². The number of anilines is 1. The third-order valence-corrected chi connectivity index (χ3v) is 5.59. The lowest BCUT2D eigenvalue weighted by Crippen LogP contribution is -2.28. The molecule has 0 aliphatic rings. The van der Waals surface area contributed by atoms with E-state index in [0.29, 0.717) is 5.39 Å². The fourth-order valence-corrected chi connectivity index (χ4v) is 3.96. The summed E-state index contributed by atoms with van der Waals surface area (Å²) < 4.78 is 1.37. The Morgan fingerprint density at radius 3 is 2.62 bits per heavy atom. The van der Waals surface area contributed by atoms with Gasteiger partial charge < -0.3 is 5.32 Å². The average molecular weight is 369 g/mol. The topological polar surface area (TPSA) is 64.0 Å². The maximum atomic E-state index is 12.7. The fraction of sp³-hybridized carbons (Fsp3) is 0.350. The number of hydrogen-bond donors (Lipinski definition) is 1. The van der Waals surface area contributed by atoms with Crippen LogP contribution in [0.2, 0.25) is 0 Å². The Morgan fingerprint density at radius 2 is 1.92 bits per heavy atom. The highest BCUT2D eigenvalue weighted by Crippen LogP contribution is 2.29. The summed E-state index contributed by atoms with van der Waals surface area (Å²) in [6.45, 7) is 10.1. The molecule has 0 unspecified atom stereocenters. The summed E-state index contributed by atoms with van der Waals surface area (Å²) in [5.74, 6) is -0.241. The van der Waals surface area contributed by atoms with E-state index in [-0.39, 0.29) is 23.4 Å². The van der Waals surface area contributed by atoms with Crippen molar-refractivity contribution in [2.45, 2.75) is 46.6 Å². The number of thiophene rings is 1. The molecule has 3 aromatic rings. The van der Waals surface area contributed by atoms with Crippen molar-refractivity contribution < 1.29 is 4.79 Å². The number of nitrogens with zero attached hydrogens (tertiary/aromatic N) is 2. The molecular formula is C20H23N3O2S. The molecule has 0 spiro atoms. The van der Waals surface area contributed by atoms with E-state index in [1.54, 1.807) is 0 Å². The van der Waals surface area contributed by atoms with E-state index in [4.69, 9.17) is 0 Å². The monoisotopic (exact) mass is 369 g/mol. The average Bonchev–Trinajstić information content (AvgIpc) is 2.85. The standard InChI is InChI=1S/C20H23N3O2S/c1-12-13(2)26-18-17(12)19(25)23(11-21-18)10-16(24)22-15-9-7-6-8-14(15)20(3,4)5/h6-9,11H,10H2,1-5H3,(H,22,24). The van der Waals surface area contributed by atoms with Gasteiger partial charge in [0.25, 0.3) is 5.56 Å². The fourth-order valence-electron chi connectivity index (χ4n) is 2.97. The summed E-state index contributed by atoms with van der Waals surface area (Å²) in [6, 6.07) is 7.74. The second kappa shape index (κ2) is 6.68. The normalized spacial score (nSPS) is 11.7. The van der Waals surface area contributed by atoms with Crippen LogP contribution in [0.4, 0.5) is 5.69 Å². The Bertz CT molecular complexity index is 1040. The highest BCUT2D eigenvalue weighted by atomic mass is 32.1. The summed E-state index contributed by atoms with van der Waals surface area (Å²) in [6.07, 6.45) is 1.45. The molecule has 0 saturated carbocycles. The maximum Gasteiger partial charge on any atom is 0.262 e. The predicted octanol–water partition coefficient (Wildman–Crippen LogP) is 4.01. The largest absolute Gasteiger partial charge is 0.324 e. The van der Waals surface area contributed by atoms with Crippen molar-refractivity contribution in [3.05, 3.63) is 57.0 Å². The molecule has 1 aromatic carbocycles. The molecule has 0 atom stereocenters. The van der Waals surface area contributed by atoms with Gasteiger partial charge in [-0.2, -0.15) is 0 Å². The van der Waals surface area contributed by atoms with E-state index in [9.17, 15) is 9.59 Å². The molecule has 3 rings (SSSR count). The van der Waals surface area contributed by atoms with E-state index >= 15 is 0 Å². The van der Waals surface area contributed by atoms with Crippen LogP contribution in [0.3, 0.4) is 0 Å². The predicted molar refractivity (Wildman–Crippen MR) is 107 cm³/mol. The molecule has 0 fully saturated rings. The van der Waals surface area contributed by atoms with Gasteiger partial charge in [0.15, 0.2) is 0 Å². The molecule has 5 nitrogen and oxygen atoms in total. The number of amides is 1. The first-order chi connectivity index (χ1) is 12.2. The molecule has 0 aliphatic heterocycles. The van der Waals surface area contributed by atoms with Crippen LogP contribution < -0.4 is 10.9 Å². The lowest BCUT2D eigenvalue weighted by Gasteiger charge is -2.23. The third kappa shape index (κ3) is 3.42. The number of benzene rings is 1. The third-order valence-electron chi connectivity index (χ3n) is 4.48. The smallest absolute Gasteiger partial charge is 0.262 e. The second-order valence-electron chi connectivity index (χ2n) is 7.48. The first kappa shape index (κ1) is 18.3. The summed E-state index contributed by atoms with van der Waals surface area (Å²) in [5.41, 5.74) is 2.51. The van der Waals surface area contributed by atoms with Crippen LogP contribution in [0, 0.1) is 13.8 Å². The van der Waals surface area contributed by atoms with Crippen LogP contribution in [0.15, 0.2) is 35.4 Å². The molecule has 1 N–H and O–H groups in total. The number of aryl methyl sites for hydroxylation is 2. The Hall–Kier alpha value is -2.47. The van der Waals surface area contributed by atoms with Crippen LogP contribution in [-0.2, 0) is 16.8 Å². The van der Waals surface area contributed by atoms with Crippen molar-refractivity contribution in [2.75, 3.05) is 5.32 Å². The summed E-state index contributed by atoms with van der Waals surface area (Å²) in [5, 5.41) is 3.55. The zero-order valence-corrected chi connectivity index (χ0v) is 16.5. The van der Waals surface area contributed by atoms with Crippen molar-refractivity contribution in [3.8, 4) is 0 Å². The van der Waals surface area contributed by atoms with Gasteiger partial charge in [-0.05, 0) is 36.5 Å². The second-order valence-corrected chi connectivity index (χ2v) is 8.69.